The molecule has 10 heteroatoms. The first kappa shape index (κ1) is 27.4. The summed E-state index contributed by atoms with van der Waals surface area (Å²) in [4.78, 5) is 26.4. The number of H-pyrrole nitrogens is 1. The number of ether oxygens (including phenoxy) is 4. The number of nitrogens with one attached hydrogen (secondary N) is 1. The van der Waals surface area contributed by atoms with Crippen molar-refractivity contribution in [1.29, 1.82) is 0 Å². The Labute approximate surface area is 230 Å². The summed E-state index contributed by atoms with van der Waals surface area (Å²) >= 11 is 0. The lowest BCUT2D eigenvalue weighted by Gasteiger charge is -2.41. The molecular formula is C30H30N2O8. The summed E-state index contributed by atoms with van der Waals surface area (Å²) < 4.78 is 24.8. The number of aliphatic hydroxyl groups is 2. The fraction of sp³-hybridized carbons (Fsp3) is 0.267. The quantitative estimate of drug-likeness (QED) is 0.292. The van der Waals surface area contributed by atoms with Gasteiger partial charge in [0, 0.05) is 12.3 Å². The van der Waals surface area contributed by atoms with Crippen LogP contribution in [0.2, 0.25) is 0 Å². The van der Waals surface area contributed by atoms with E-state index in [1.54, 1.807) is 62.8 Å². The van der Waals surface area contributed by atoms with Crippen molar-refractivity contribution in [3.8, 4) is 11.5 Å². The van der Waals surface area contributed by atoms with Crippen molar-refractivity contribution < 1.29 is 29.2 Å². The SMILES string of the molecule is COc1ccc(C(OCc2ccccc2)(c2ccc(OC)cc2)C2OC(n3ccc(=O)[nH]c3=O)C(O)C2O)cc1. The molecule has 1 aromatic heterocycles. The molecule has 1 saturated heterocycles. The van der Waals surface area contributed by atoms with E-state index in [4.69, 9.17) is 18.9 Å². The highest BCUT2D eigenvalue weighted by Crippen LogP contribution is 2.47. The van der Waals surface area contributed by atoms with Crippen LogP contribution in [0.1, 0.15) is 22.9 Å². The standard InChI is InChI=1S/C30H30N2O8/c1-37-22-12-8-20(9-13-22)30(21-10-14-23(38-2)15-11-21,39-18-19-6-4-3-5-7-19)27-25(34)26(35)28(40-27)32-17-16-24(33)31-29(32)36/h3-17,25-28,34-35H,18H2,1-2H3,(H,31,33,36). The Hall–Kier alpha value is -4.22. The molecule has 40 heavy (non-hydrogen) atoms. The topological polar surface area (TPSA) is 132 Å². The zero-order valence-corrected chi connectivity index (χ0v) is 22.0. The predicted molar refractivity (Wildman–Crippen MR) is 145 cm³/mol. The lowest BCUT2D eigenvalue weighted by molar-refractivity contribution is -0.161. The van der Waals surface area contributed by atoms with E-state index in [1.807, 2.05) is 30.3 Å². The molecule has 0 bridgehead atoms. The van der Waals surface area contributed by atoms with Gasteiger partial charge in [-0.05, 0) is 41.0 Å². The number of aromatic amines is 1. The van der Waals surface area contributed by atoms with E-state index in [-0.39, 0.29) is 6.61 Å². The van der Waals surface area contributed by atoms with E-state index in [1.165, 1.54) is 6.20 Å². The van der Waals surface area contributed by atoms with Crippen LogP contribution in [0.5, 0.6) is 11.5 Å². The first-order valence-electron chi connectivity index (χ1n) is 12.7. The second-order valence-electron chi connectivity index (χ2n) is 9.41. The maximum atomic E-state index is 12.6. The minimum Gasteiger partial charge on any atom is -0.497 e. The number of benzene rings is 3. The maximum absolute atomic E-state index is 12.6. The van der Waals surface area contributed by atoms with E-state index in [0.29, 0.717) is 22.6 Å². The summed E-state index contributed by atoms with van der Waals surface area (Å²) in [5.41, 5.74) is -0.762. The Morgan fingerprint density at radius 3 is 1.93 bits per heavy atom. The van der Waals surface area contributed by atoms with Crippen molar-refractivity contribution in [1.82, 2.24) is 9.55 Å². The van der Waals surface area contributed by atoms with Crippen molar-refractivity contribution in [3.05, 3.63) is 129 Å². The van der Waals surface area contributed by atoms with Gasteiger partial charge in [-0.15, -0.1) is 0 Å². The number of nitrogens with zero attached hydrogens (tertiary/aromatic N) is 1. The summed E-state index contributed by atoms with van der Waals surface area (Å²) in [6, 6.07) is 24.9. The van der Waals surface area contributed by atoms with Crippen molar-refractivity contribution >= 4 is 0 Å². The molecule has 10 nitrogen and oxygen atoms in total. The average Bonchev–Trinajstić information content (AvgIpc) is 3.28. The number of aromatic nitrogens is 2. The zero-order chi connectivity index (χ0) is 28.3. The molecule has 0 radical (unpaired) electrons. The van der Waals surface area contributed by atoms with Crippen LogP contribution in [-0.2, 0) is 21.7 Å². The molecule has 5 rings (SSSR count). The van der Waals surface area contributed by atoms with Crippen LogP contribution < -0.4 is 20.7 Å². The van der Waals surface area contributed by atoms with Gasteiger partial charge in [0.2, 0.25) is 0 Å². The molecule has 0 aliphatic carbocycles. The van der Waals surface area contributed by atoms with Crippen molar-refractivity contribution in [2.75, 3.05) is 14.2 Å². The number of rotatable bonds is 9. The summed E-state index contributed by atoms with van der Waals surface area (Å²) in [6.45, 7) is 0.130. The van der Waals surface area contributed by atoms with Gasteiger partial charge in [-0.25, -0.2) is 4.79 Å². The Bertz CT molecular complexity index is 1490. The number of hydrogen-bond acceptors (Lipinski definition) is 8. The van der Waals surface area contributed by atoms with E-state index in [0.717, 1.165) is 16.2 Å². The van der Waals surface area contributed by atoms with Gasteiger partial charge in [-0.2, -0.15) is 0 Å². The second-order valence-corrected chi connectivity index (χ2v) is 9.41. The maximum Gasteiger partial charge on any atom is 0.330 e. The summed E-state index contributed by atoms with van der Waals surface area (Å²) in [6.07, 6.45) is -4.30. The Balaban J connectivity index is 1.68. The van der Waals surface area contributed by atoms with Crippen molar-refractivity contribution in [3.63, 3.8) is 0 Å². The Morgan fingerprint density at radius 2 is 1.40 bits per heavy atom. The molecule has 1 aliphatic rings. The van der Waals surface area contributed by atoms with Crippen LogP contribution in [0.4, 0.5) is 0 Å². The highest BCUT2D eigenvalue weighted by atomic mass is 16.6. The van der Waals surface area contributed by atoms with E-state index in [9.17, 15) is 19.8 Å². The van der Waals surface area contributed by atoms with Gasteiger partial charge < -0.3 is 29.2 Å². The third-order valence-electron chi connectivity index (χ3n) is 7.11. The largest absolute Gasteiger partial charge is 0.497 e. The second kappa shape index (κ2) is 11.5. The minimum absolute atomic E-state index is 0.130. The van der Waals surface area contributed by atoms with Crippen molar-refractivity contribution in [2.45, 2.75) is 36.7 Å². The van der Waals surface area contributed by atoms with Gasteiger partial charge in [0.05, 0.1) is 20.8 Å². The minimum atomic E-state index is -1.52. The first-order valence-corrected chi connectivity index (χ1v) is 12.7. The van der Waals surface area contributed by atoms with E-state index >= 15 is 0 Å². The summed E-state index contributed by atoms with van der Waals surface area (Å²) in [5, 5.41) is 22.7. The van der Waals surface area contributed by atoms with Crippen LogP contribution in [0.25, 0.3) is 0 Å². The van der Waals surface area contributed by atoms with Gasteiger partial charge in [-0.1, -0.05) is 54.6 Å². The molecule has 0 saturated carbocycles. The fourth-order valence-corrected chi connectivity index (χ4v) is 5.05. The van der Waals surface area contributed by atoms with E-state index in [2.05, 4.69) is 4.98 Å². The van der Waals surface area contributed by atoms with Crippen LogP contribution in [0.15, 0.2) is 101 Å². The summed E-state index contributed by atoms with van der Waals surface area (Å²) in [5.74, 6) is 1.22. The van der Waals surface area contributed by atoms with Crippen LogP contribution in [0, 0.1) is 0 Å². The zero-order valence-electron chi connectivity index (χ0n) is 22.0. The fourth-order valence-electron chi connectivity index (χ4n) is 5.05. The van der Waals surface area contributed by atoms with Crippen LogP contribution >= 0.6 is 0 Å². The molecule has 0 amide bonds. The van der Waals surface area contributed by atoms with Gasteiger partial charge in [0.1, 0.15) is 35.4 Å². The molecule has 4 unspecified atom stereocenters. The van der Waals surface area contributed by atoms with Gasteiger partial charge in [-0.3, -0.25) is 14.3 Å². The molecule has 208 valence electrons. The van der Waals surface area contributed by atoms with Crippen LogP contribution in [0.3, 0.4) is 0 Å². The smallest absolute Gasteiger partial charge is 0.330 e. The highest BCUT2D eigenvalue weighted by molar-refractivity contribution is 5.43. The molecule has 3 N–H and O–H groups in total. The van der Waals surface area contributed by atoms with Gasteiger partial charge in [0.15, 0.2) is 6.23 Å². The third-order valence-corrected chi connectivity index (χ3v) is 7.11. The molecule has 4 atom stereocenters. The molecule has 4 aromatic rings. The van der Waals surface area contributed by atoms with Gasteiger partial charge in [0.25, 0.3) is 5.56 Å². The number of aliphatic hydroxyl groups excluding tert-OH is 2. The highest BCUT2D eigenvalue weighted by Gasteiger charge is 2.56. The van der Waals surface area contributed by atoms with Crippen molar-refractivity contribution in [2.24, 2.45) is 0 Å². The molecule has 0 spiro atoms. The van der Waals surface area contributed by atoms with Gasteiger partial charge >= 0.3 is 5.69 Å². The monoisotopic (exact) mass is 546 g/mol. The predicted octanol–water partition coefficient (Wildman–Crippen LogP) is 2.33. The number of hydrogen-bond donors (Lipinski definition) is 3. The normalized spacial score (nSPS) is 20.8. The molecule has 1 fully saturated rings. The Kier molecular flexibility index (Phi) is 7.85. The average molecular weight is 547 g/mol. The van der Waals surface area contributed by atoms with E-state index < -0.39 is 41.4 Å². The Morgan fingerprint density at radius 1 is 0.825 bits per heavy atom. The first-order chi connectivity index (χ1) is 19.4. The lowest BCUT2D eigenvalue weighted by atomic mass is 9.78. The summed E-state index contributed by atoms with van der Waals surface area (Å²) in [7, 11) is 3.12. The molecule has 3 aromatic carbocycles. The third kappa shape index (κ3) is 5.05. The molecule has 2 heterocycles. The number of methoxy groups -OCH3 is 2. The molecule has 1 aliphatic heterocycles. The van der Waals surface area contributed by atoms with Crippen LogP contribution in [-0.4, -0.2) is 52.3 Å². The molecular weight excluding hydrogens is 516 g/mol. The lowest BCUT2D eigenvalue weighted by Crippen LogP contribution is -2.49.